The summed E-state index contributed by atoms with van der Waals surface area (Å²) < 4.78 is 27.0. The molecule has 0 unspecified atom stereocenters. The summed E-state index contributed by atoms with van der Waals surface area (Å²) in [6.07, 6.45) is 0.730. The molecule has 0 aliphatic carbocycles. The lowest BCUT2D eigenvalue weighted by molar-refractivity contribution is -0.124. The number of nitrogens with one attached hydrogen (secondary N) is 2. The number of hydrogen-bond acceptors (Lipinski definition) is 3. The third-order valence-corrected chi connectivity index (χ3v) is 5.34. The predicted molar refractivity (Wildman–Crippen MR) is 96.4 cm³/mol. The van der Waals surface area contributed by atoms with Crippen LogP contribution in [0.2, 0.25) is 0 Å². The van der Waals surface area contributed by atoms with Crippen molar-refractivity contribution in [2.24, 2.45) is 5.41 Å². The van der Waals surface area contributed by atoms with E-state index >= 15 is 0 Å². The second-order valence-corrected chi connectivity index (χ2v) is 7.87. The fourth-order valence-corrected chi connectivity index (χ4v) is 2.98. The second kappa shape index (κ2) is 7.05. The van der Waals surface area contributed by atoms with Gasteiger partial charge >= 0.3 is 0 Å². The van der Waals surface area contributed by atoms with E-state index in [1.165, 1.54) is 12.1 Å². The van der Waals surface area contributed by atoms with E-state index in [1.807, 2.05) is 20.8 Å². The number of carbonyl (C=O) groups is 1. The van der Waals surface area contributed by atoms with Crippen LogP contribution in [0.3, 0.4) is 0 Å². The SMILES string of the molecule is CCC(C)(C)C(=O)Nc1ccc(NS(=O)(=O)c2ccccc2)cc1. The van der Waals surface area contributed by atoms with Crippen LogP contribution in [0.25, 0.3) is 0 Å². The average Bonchev–Trinajstić information content (AvgIpc) is 2.57. The summed E-state index contributed by atoms with van der Waals surface area (Å²) in [5.74, 6) is -0.0670. The van der Waals surface area contributed by atoms with Gasteiger partial charge in [0.2, 0.25) is 5.91 Å². The molecule has 0 radical (unpaired) electrons. The number of sulfonamides is 1. The molecule has 2 rings (SSSR count). The molecule has 5 nitrogen and oxygen atoms in total. The highest BCUT2D eigenvalue weighted by Gasteiger charge is 2.25. The molecule has 0 bridgehead atoms. The van der Waals surface area contributed by atoms with E-state index in [1.54, 1.807) is 42.5 Å². The Hall–Kier alpha value is -2.34. The molecule has 2 N–H and O–H groups in total. The fourth-order valence-electron chi connectivity index (χ4n) is 1.90. The molecule has 2 aromatic rings. The summed E-state index contributed by atoms with van der Waals surface area (Å²) in [5.41, 5.74) is 0.615. The molecule has 0 fully saturated rings. The molecule has 0 aliphatic rings. The Balaban J connectivity index is 2.09. The average molecular weight is 346 g/mol. The highest BCUT2D eigenvalue weighted by atomic mass is 32.2. The van der Waals surface area contributed by atoms with E-state index in [-0.39, 0.29) is 10.8 Å². The fraction of sp³-hybridized carbons (Fsp3) is 0.278. The molecular formula is C18H22N2O3S. The first kappa shape index (κ1) is 18.0. The number of hydrogen-bond donors (Lipinski definition) is 2. The van der Waals surface area contributed by atoms with E-state index in [2.05, 4.69) is 10.0 Å². The van der Waals surface area contributed by atoms with Crippen LogP contribution in [0, 0.1) is 5.41 Å². The van der Waals surface area contributed by atoms with Crippen LogP contribution in [0.1, 0.15) is 27.2 Å². The third-order valence-electron chi connectivity index (χ3n) is 3.95. The molecule has 0 atom stereocenters. The molecule has 0 saturated carbocycles. The van der Waals surface area contributed by atoms with Gasteiger partial charge in [0.1, 0.15) is 0 Å². The lowest BCUT2D eigenvalue weighted by Gasteiger charge is -2.21. The molecule has 0 heterocycles. The Labute approximate surface area is 143 Å². The second-order valence-electron chi connectivity index (χ2n) is 6.19. The maximum Gasteiger partial charge on any atom is 0.261 e. The minimum Gasteiger partial charge on any atom is -0.326 e. The van der Waals surface area contributed by atoms with Crippen LogP contribution < -0.4 is 10.0 Å². The number of rotatable bonds is 6. The Bertz CT molecular complexity index is 798. The van der Waals surface area contributed by atoms with E-state index in [4.69, 9.17) is 0 Å². The van der Waals surface area contributed by atoms with Crippen molar-refractivity contribution in [3.8, 4) is 0 Å². The van der Waals surface area contributed by atoms with Gasteiger partial charge in [-0.25, -0.2) is 8.42 Å². The highest BCUT2D eigenvalue weighted by molar-refractivity contribution is 7.92. The monoisotopic (exact) mass is 346 g/mol. The first-order valence-electron chi connectivity index (χ1n) is 7.74. The number of benzene rings is 2. The zero-order valence-corrected chi connectivity index (χ0v) is 14.9. The first-order chi connectivity index (χ1) is 11.2. The third kappa shape index (κ3) is 4.35. The van der Waals surface area contributed by atoms with E-state index < -0.39 is 15.4 Å². The van der Waals surface area contributed by atoms with Crippen LogP contribution in [0.5, 0.6) is 0 Å². The van der Waals surface area contributed by atoms with Gasteiger partial charge in [-0.05, 0) is 42.8 Å². The minimum absolute atomic E-state index is 0.0670. The number of carbonyl (C=O) groups excluding carboxylic acids is 1. The van der Waals surface area contributed by atoms with Gasteiger partial charge in [0.05, 0.1) is 4.90 Å². The van der Waals surface area contributed by atoms with Gasteiger partial charge in [-0.3, -0.25) is 9.52 Å². The molecule has 0 spiro atoms. The summed E-state index contributed by atoms with van der Waals surface area (Å²) in [6.45, 7) is 5.72. The summed E-state index contributed by atoms with van der Waals surface area (Å²) in [7, 11) is -3.61. The highest BCUT2D eigenvalue weighted by Crippen LogP contribution is 2.23. The van der Waals surface area contributed by atoms with Gasteiger partial charge < -0.3 is 5.32 Å². The summed E-state index contributed by atoms with van der Waals surface area (Å²) in [6, 6.07) is 14.7. The van der Waals surface area contributed by atoms with Crippen LogP contribution in [0.4, 0.5) is 11.4 Å². The van der Waals surface area contributed by atoms with Crippen molar-refractivity contribution in [1.29, 1.82) is 0 Å². The summed E-state index contributed by atoms with van der Waals surface area (Å²) >= 11 is 0. The van der Waals surface area contributed by atoms with Crippen LogP contribution in [0.15, 0.2) is 59.5 Å². The largest absolute Gasteiger partial charge is 0.326 e. The Morgan fingerprint density at radius 3 is 2.04 bits per heavy atom. The first-order valence-corrected chi connectivity index (χ1v) is 9.22. The minimum atomic E-state index is -3.61. The van der Waals surface area contributed by atoms with Crippen molar-refractivity contribution in [3.05, 3.63) is 54.6 Å². The van der Waals surface area contributed by atoms with Gasteiger partial charge in [0.25, 0.3) is 10.0 Å². The molecule has 6 heteroatoms. The predicted octanol–water partition coefficient (Wildman–Crippen LogP) is 3.86. The van der Waals surface area contributed by atoms with Crippen molar-refractivity contribution in [1.82, 2.24) is 0 Å². The summed E-state index contributed by atoms with van der Waals surface area (Å²) in [4.78, 5) is 12.3. The molecular weight excluding hydrogens is 324 g/mol. The van der Waals surface area contributed by atoms with Crippen LogP contribution >= 0.6 is 0 Å². The lowest BCUT2D eigenvalue weighted by atomic mass is 9.89. The quantitative estimate of drug-likeness (QED) is 0.834. The molecule has 0 saturated heterocycles. The van der Waals surface area contributed by atoms with Crippen LogP contribution in [-0.2, 0) is 14.8 Å². The molecule has 128 valence electrons. The standard InChI is InChI=1S/C18H22N2O3S/c1-4-18(2,3)17(21)19-14-10-12-15(13-11-14)20-24(22,23)16-8-6-5-7-9-16/h5-13,20H,4H2,1-3H3,(H,19,21). The van der Waals surface area contributed by atoms with E-state index in [9.17, 15) is 13.2 Å². The molecule has 24 heavy (non-hydrogen) atoms. The van der Waals surface area contributed by atoms with Gasteiger partial charge in [0, 0.05) is 16.8 Å². The topological polar surface area (TPSA) is 75.3 Å². The van der Waals surface area contributed by atoms with Gasteiger partial charge in [-0.15, -0.1) is 0 Å². The van der Waals surface area contributed by atoms with Crippen molar-refractivity contribution >= 4 is 27.3 Å². The van der Waals surface area contributed by atoms with Gasteiger partial charge in [-0.2, -0.15) is 0 Å². The maximum atomic E-state index is 12.3. The van der Waals surface area contributed by atoms with Crippen LogP contribution in [-0.4, -0.2) is 14.3 Å². The van der Waals surface area contributed by atoms with Crippen molar-refractivity contribution < 1.29 is 13.2 Å². The van der Waals surface area contributed by atoms with Crippen molar-refractivity contribution in [2.45, 2.75) is 32.1 Å². The van der Waals surface area contributed by atoms with E-state index in [0.29, 0.717) is 11.4 Å². The molecule has 0 aliphatic heterocycles. The Morgan fingerprint density at radius 1 is 0.958 bits per heavy atom. The summed E-state index contributed by atoms with van der Waals surface area (Å²) in [5, 5.41) is 2.84. The van der Waals surface area contributed by atoms with Gasteiger partial charge in [0.15, 0.2) is 0 Å². The molecule has 1 amide bonds. The smallest absolute Gasteiger partial charge is 0.261 e. The van der Waals surface area contributed by atoms with Crippen molar-refractivity contribution in [3.63, 3.8) is 0 Å². The lowest BCUT2D eigenvalue weighted by Crippen LogP contribution is -2.29. The zero-order valence-electron chi connectivity index (χ0n) is 14.0. The molecule has 0 aromatic heterocycles. The molecule has 2 aromatic carbocycles. The van der Waals surface area contributed by atoms with Crippen molar-refractivity contribution in [2.75, 3.05) is 10.0 Å². The normalized spacial score (nSPS) is 11.8. The zero-order chi connectivity index (χ0) is 17.8. The number of amides is 1. The van der Waals surface area contributed by atoms with E-state index in [0.717, 1.165) is 6.42 Å². The maximum absolute atomic E-state index is 12.3. The Kier molecular flexibility index (Phi) is 5.29. The van der Waals surface area contributed by atoms with Gasteiger partial charge in [-0.1, -0.05) is 39.0 Å². The number of anilines is 2. The Morgan fingerprint density at radius 2 is 1.50 bits per heavy atom.